The summed E-state index contributed by atoms with van der Waals surface area (Å²) in [7, 11) is 1.91. The van der Waals surface area contributed by atoms with E-state index in [4.69, 9.17) is 0 Å². The molecule has 6 nitrogen and oxygen atoms in total. The Morgan fingerprint density at radius 1 is 1.53 bits per heavy atom. The summed E-state index contributed by atoms with van der Waals surface area (Å²) in [6.07, 6.45) is 1.67. The van der Waals surface area contributed by atoms with Gasteiger partial charge in [-0.1, -0.05) is 0 Å². The summed E-state index contributed by atoms with van der Waals surface area (Å²) in [6, 6.07) is 0.359. The van der Waals surface area contributed by atoms with Crippen LogP contribution in [0.1, 0.15) is 26.6 Å². The first-order valence-electron chi connectivity index (χ1n) is 5.51. The minimum absolute atomic E-state index is 0. The molecule has 17 heavy (non-hydrogen) atoms. The zero-order valence-corrected chi connectivity index (χ0v) is 13.1. The molecule has 0 fully saturated rings. The number of nitrogens with zero attached hydrogens (tertiary/aromatic N) is 4. The lowest BCUT2D eigenvalue weighted by Crippen LogP contribution is -2.41. The lowest BCUT2D eigenvalue weighted by Gasteiger charge is -2.13. The van der Waals surface area contributed by atoms with Crippen molar-refractivity contribution < 1.29 is 0 Å². The van der Waals surface area contributed by atoms with Crippen LogP contribution in [0.15, 0.2) is 11.3 Å². The number of rotatable bonds is 4. The van der Waals surface area contributed by atoms with Gasteiger partial charge in [0.1, 0.15) is 12.9 Å². The maximum absolute atomic E-state index is 4.43. The number of aromatic nitrogens is 3. The van der Waals surface area contributed by atoms with Crippen LogP contribution in [0, 0.1) is 0 Å². The van der Waals surface area contributed by atoms with E-state index < -0.39 is 0 Å². The largest absolute Gasteiger partial charge is 0.357 e. The Labute approximate surface area is 119 Å². The lowest BCUT2D eigenvalue weighted by atomic mass is 10.4. The summed E-state index contributed by atoms with van der Waals surface area (Å²) in [5.74, 6) is 1.65. The van der Waals surface area contributed by atoms with Crippen molar-refractivity contribution in [1.29, 1.82) is 0 Å². The highest BCUT2D eigenvalue weighted by atomic mass is 127. The van der Waals surface area contributed by atoms with Gasteiger partial charge in [0, 0.05) is 19.6 Å². The molecule has 1 rings (SSSR count). The van der Waals surface area contributed by atoms with E-state index in [2.05, 4.69) is 39.7 Å². The normalized spacial score (nSPS) is 11.2. The van der Waals surface area contributed by atoms with Gasteiger partial charge in [-0.15, -0.1) is 34.2 Å². The molecule has 7 heteroatoms. The van der Waals surface area contributed by atoms with Crippen LogP contribution in [0.4, 0.5) is 0 Å². The number of aryl methyl sites for hydroxylation is 1. The molecule has 0 aliphatic carbocycles. The smallest absolute Gasteiger partial charge is 0.191 e. The molecule has 0 unspecified atom stereocenters. The van der Waals surface area contributed by atoms with E-state index in [0.717, 1.165) is 18.3 Å². The fraction of sp³-hybridized carbons (Fsp3) is 0.700. The maximum atomic E-state index is 4.43. The number of guanidine groups is 1. The van der Waals surface area contributed by atoms with E-state index >= 15 is 0 Å². The quantitative estimate of drug-likeness (QED) is 0.480. The molecule has 98 valence electrons. The Bertz CT molecular complexity index is 346. The molecule has 1 heterocycles. The summed E-state index contributed by atoms with van der Waals surface area (Å²) < 4.78 is 1.86. The van der Waals surface area contributed by atoms with Crippen LogP contribution in [0.2, 0.25) is 0 Å². The Balaban J connectivity index is 0.00000256. The van der Waals surface area contributed by atoms with Crippen molar-refractivity contribution in [3.05, 3.63) is 12.2 Å². The van der Waals surface area contributed by atoms with Crippen molar-refractivity contribution in [3.63, 3.8) is 0 Å². The monoisotopic (exact) mass is 352 g/mol. The number of hydrogen-bond acceptors (Lipinski definition) is 3. The Kier molecular flexibility index (Phi) is 7.85. The van der Waals surface area contributed by atoms with Crippen LogP contribution in [-0.4, -0.2) is 33.3 Å². The van der Waals surface area contributed by atoms with Crippen molar-refractivity contribution in [2.24, 2.45) is 12.0 Å². The Hall–Kier alpha value is -0.860. The first kappa shape index (κ1) is 16.1. The zero-order chi connectivity index (χ0) is 12.0. The zero-order valence-electron chi connectivity index (χ0n) is 10.8. The second-order valence-electron chi connectivity index (χ2n) is 3.85. The Morgan fingerprint density at radius 2 is 2.24 bits per heavy atom. The molecular weight excluding hydrogens is 331 g/mol. The summed E-state index contributed by atoms with van der Waals surface area (Å²) in [5.41, 5.74) is 0. The summed E-state index contributed by atoms with van der Waals surface area (Å²) in [5, 5.41) is 14.2. The average Bonchev–Trinajstić information content (AvgIpc) is 2.60. The predicted octanol–water partition coefficient (Wildman–Crippen LogP) is 0.897. The van der Waals surface area contributed by atoms with Gasteiger partial charge in [0.15, 0.2) is 11.8 Å². The minimum Gasteiger partial charge on any atom is -0.357 e. The van der Waals surface area contributed by atoms with Gasteiger partial charge in [-0.05, 0) is 20.8 Å². The molecule has 1 aromatic rings. The molecule has 0 aliphatic heterocycles. The number of aliphatic imine (C=N–C) groups is 1. The van der Waals surface area contributed by atoms with Gasteiger partial charge >= 0.3 is 0 Å². The number of nitrogens with one attached hydrogen (secondary N) is 2. The van der Waals surface area contributed by atoms with Crippen molar-refractivity contribution in [2.45, 2.75) is 33.4 Å². The molecule has 0 atom stereocenters. The predicted molar refractivity (Wildman–Crippen MR) is 79.5 cm³/mol. The molecule has 0 aromatic carbocycles. The summed E-state index contributed by atoms with van der Waals surface area (Å²) >= 11 is 0. The molecule has 0 bridgehead atoms. The molecule has 0 saturated carbocycles. The fourth-order valence-electron chi connectivity index (χ4n) is 1.19. The highest BCUT2D eigenvalue weighted by molar-refractivity contribution is 14.0. The highest BCUT2D eigenvalue weighted by Crippen LogP contribution is 1.93. The van der Waals surface area contributed by atoms with Gasteiger partial charge in [-0.2, -0.15) is 0 Å². The first-order chi connectivity index (χ1) is 7.63. The molecule has 1 aromatic heterocycles. The van der Waals surface area contributed by atoms with Crippen molar-refractivity contribution in [1.82, 2.24) is 25.4 Å². The Morgan fingerprint density at radius 3 is 2.71 bits per heavy atom. The van der Waals surface area contributed by atoms with Crippen LogP contribution in [-0.2, 0) is 13.6 Å². The van der Waals surface area contributed by atoms with Crippen LogP contribution in [0.3, 0.4) is 0 Å². The third-order valence-corrected chi connectivity index (χ3v) is 1.95. The van der Waals surface area contributed by atoms with E-state index in [1.807, 2.05) is 18.5 Å². The number of halogens is 1. The van der Waals surface area contributed by atoms with Crippen molar-refractivity contribution in [3.8, 4) is 0 Å². The summed E-state index contributed by atoms with van der Waals surface area (Å²) in [4.78, 5) is 4.43. The molecule has 0 aliphatic rings. The summed E-state index contributed by atoms with van der Waals surface area (Å²) in [6.45, 7) is 7.57. The molecule has 2 N–H and O–H groups in total. The van der Waals surface area contributed by atoms with Crippen molar-refractivity contribution >= 4 is 29.9 Å². The first-order valence-corrected chi connectivity index (χ1v) is 5.51. The van der Waals surface area contributed by atoms with E-state index in [0.29, 0.717) is 12.6 Å². The molecule has 0 radical (unpaired) electrons. The van der Waals surface area contributed by atoms with Gasteiger partial charge in [-0.3, -0.25) is 0 Å². The minimum atomic E-state index is 0. The van der Waals surface area contributed by atoms with Crippen LogP contribution >= 0.6 is 24.0 Å². The molecule has 0 saturated heterocycles. The van der Waals surface area contributed by atoms with Gasteiger partial charge in [0.25, 0.3) is 0 Å². The van der Waals surface area contributed by atoms with Gasteiger partial charge in [0.2, 0.25) is 0 Å². The second-order valence-corrected chi connectivity index (χ2v) is 3.85. The maximum Gasteiger partial charge on any atom is 0.191 e. The highest BCUT2D eigenvalue weighted by Gasteiger charge is 2.02. The lowest BCUT2D eigenvalue weighted by molar-refractivity contribution is 0.695. The third kappa shape index (κ3) is 5.85. The number of hydrogen-bond donors (Lipinski definition) is 2. The third-order valence-electron chi connectivity index (χ3n) is 1.95. The van der Waals surface area contributed by atoms with Gasteiger partial charge < -0.3 is 15.2 Å². The van der Waals surface area contributed by atoms with E-state index in [-0.39, 0.29) is 24.0 Å². The van der Waals surface area contributed by atoms with E-state index in [9.17, 15) is 0 Å². The van der Waals surface area contributed by atoms with E-state index in [1.165, 1.54) is 0 Å². The second kappa shape index (κ2) is 8.26. The fourth-order valence-corrected chi connectivity index (χ4v) is 1.19. The van der Waals surface area contributed by atoms with Crippen LogP contribution in [0.5, 0.6) is 0 Å². The standard InChI is InChI=1S/C10H20N6.HI/c1-5-11-10(14-8(2)3)12-6-9-15-13-7-16(9)4;/h7-8H,5-6H2,1-4H3,(H2,11,12,14);1H. The van der Waals surface area contributed by atoms with Crippen LogP contribution in [0.25, 0.3) is 0 Å². The van der Waals surface area contributed by atoms with E-state index in [1.54, 1.807) is 6.33 Å². The van der Waals surface area contributed by atoms with Gasteiger partial charge in [0.05, 0.1) is 0 Å². The van der Waals surface area contributed by atoms with Crippen molar-refractivity contribution in [2.75, 3.05) is 6.54 Å². The SMILES string of the molecule is CCNC(=NCc1nncn1C)NC(C)C.I. The van der Waals surface area contributed by atoms with Gasteiger partial charge in [-0.25, -0.2) is 4.99 Å². The molecule has 0 amide bonds. The molecule has 0 spiro atoms. The van der Waals surface area contributed by atoms with Crippen LogP contribution < -0.4 is 10.6 Å². The average molecular weight is 352 g/mol. The topological polar surface area (TPSA) is 67.1 Å². The molecular formula is C10H21IN6.